The molecule has 164 valence electrons. The van der Waals surface area contributed by atoms with Gasteiger partial charge in [-0.3, -0.25) is 9.20 Å². The second-order valence-corrected chi connectivity index (χ2v) is 9.91. The monoisotopic (exact) mass is 429 g/mol. The fraction of sp³-hybridized carbons (Fsp3) is 0.320. The number of benzene rings is 1. The summed E-state index contributed by atoms with van der Waals surface area (Å²) >= 11 is 0. The van der Waals surface area contributed by atoms with Gasteiger partial charge >= 0.3 is 0 Å². The molecule has 5 rings (SSSR count). The van der Waals surface area contributed by atoms with Gasteiger partial charge < -0.3 is 15.0 Å². The fourth-order valence-electron chi connectivity index (χ4n) is 4.84. The summed E-state index contributed by atoms with van der Waals surface area (Å²) in [5.74, 6) is 0.631. The van der Waals surface area contributed by atoms with Gasteiger partial charge in [-0.2, -0.15) is 0 Å². The molecule has 1 aromatic carbocycles. The average molecular weight is 430 g/mol. The second-order valence-electron chi connectivity index (χ2n) is 9.91. The van der Waals surface area contributed by atoms with Gasteiger partial charge in [-0.1, -0.05) is 6.08 Å². The SMILES string of the molecule is Cn1ccc2cc(O)c(-c3cn4ccc(C5=CC(C)(C)NC(C)(C)C5)nc4n3)cc2c1=O. The summed E-state index contributed by atoms with van der Waals surface area (Å²) in [4.78, 5) is 22.0. The van der Waals surface area contributed by atoms with E-state index in [1.807, 2.05) is 28.9 Å². The molecule has 0 bridgehead atoms. The third-order valence-electron chi connectivity index (χ3n) is 5.96. The van der Waals surface area contributed by atoms with Crippen molar-refractivity contribution < 1.29 is 5.11 Å². The van der Waals surface area contributed by atoms with E-state index in [2.05, 4.69) is 44.1 Å². The normalized spacial score (nSPS) is 17.6. The van der Waals surface area contributed by atoms with Crippen LogP contribution < -0.4 is 10.9 Å². The zero-order chi connectivity index (χ0) is 22.8. The molecular formula is C25H27N5O2. The van der Waals surface area contributed by atoms with Gasteiger partial charge in [-0.15, -0.1) is 0 Å². The first-order valence-electron chi connectivity index (χ1n) is 10.7. The molecular weight excluding hydrogens is 402 g/mol. The molecule has 0 amide bonds. The highest BCUT2D eigenvalue weighted by atomic mass is 16.3. The number of imidazole rings is 1. The summed E-state index contributed by atoms with van der Waals surface area (Å²) in [5.41, 5.74) is 2.88. The molecule has 0 spiro atoms. The summed E-state index contributed by atoms with van der Waals surface area (Å²) in [7, 11) is 1.71. The minimum Gasteiger partial charge on any atom is -0.507 e. The average Bonchev–Trinajstić information content (AvgIpc) is 3.11. The highest BCUT2D eigenvalue weighted by molar-refractivity contribution is 5.89. The van der Waals surface area contributed by atoms with Crippen LogP contribution in [0.2, 0.25) is 0 Å². The van der Waals surface area contributed by atoms with Crippen molar-refractivity contribution in [3.63, 3.8) is 0 Å². The van der Waals surface area contributed by atoms with Crippen molar-refractivity contribution in [1.29, 1.82) is 0 Å². The molecule has 7 nitrogen and oxygen atoms in total. The van der Waals surface area contributed by atoms with Crippen LogP contribution >= 0.6 is 0 Å². The van der Waals surface area contributed by atoms with Crippen LogP contribution in [0.4, 0.5) is 0 Å². The van der Waals surface area contributed by atoms with Gasteiger partial charge in [0.2, 0.25) is 5.78 Å². The topological polar surface area (TPSA) is 84.4 Å². The number of phenols is 1. The number of aromatic hydroxyl groups is 1. The Morgan fingerprint density at radius 3 is 2.56 bits per heavy atom. The molecule has 2 N–H and O–H groups in total. The smallest absolute Gasteiger partial charge is 0.258 e. The number of rotatable bonds is 2. The quantitative estimate of drug-likeness (QED) is 0.505. The summed E-state index contributed by atoms with van der Waals surface area (Å²) in [6.45, 7) is 8.71. The zero-order valence-corrected chi connectivity index (χ0v) is 19.0. The largest absolute Gasteiger partial charge is 0.507 e. The Hall–Kier alpha value is -3.45. The molecule has 32 heavy (non-hydrogen) atoms. The molecule has 1 aliphatic heterocycles. The van der Waals surface area contributed by atoms with Gasteiger partial charge in [0.15, 0.2) is 0 Å². The van der Waals surface area contributed by atoms with Crippen molar-refractivity contribution in [1.82, 2.24) is 24.3 Å². The lowest BCUT2D eigenvalue weighted by molar-refractivity contribution is 0.297. The lowest BCUT2D eigenvalue weighted by Crippen LogP contribution is -2.53. The van der Waals surface area contributed by atoms with E-state index in [0.29, 0.717) is 27.8 Å². The highest BCUT2D eigenvalue weighted by Crippen LogP contribution is 2.34. The maximum absolute atomic E-state index is 12.6. The van der Waals surface area contributed by atoms with Crippen LogP contribution in [0.3, 0.4) is 0 Å². The summed E-state index contributed by atoms with van der Waals surface area (Å²) < 4.78 is 3.36. The number of aromatic nitrogens is 4. The first-order valence-corrected chi connectivity index (χ1v) is 10.7. The van der Waals surface area contributed by atoms with E-state index in [4.69, 9.17) is 4.98 Å². The van der Waals surface area contributed by atoms with E-state index in [1.54, 1.807) is 25.4 Å². The molecule has 0 saturated heterocycles. The number of nitrogens with one attached hydrogen (secondary N) is 1. The number of pyridine rings is 1. The first kappa shape index (κ1) is 20.5. The number of hydrogen-bond donors (Lipinski definition) is 2. The zero-order valence-electron chi connectivity index (χ0n) is 19.0. The molecule has 3 aromatic heterocycles. The molecule has 4 heterocycles. The van der Waals surface area contributed by atoms with E-state index in [0.717, 1.165) is 12.1 Å². The molecule has 4 aromatic rings. The van der Waals surface area contributed by atoms with Crippen LogP contribution in [0, 0.1) is 0 Å². The van der Waals surface area contributed by atoms with Crippen molar-refractivity contribution >= 4 is 22.1 Å². The summed E-state index contributed by atoms with van der Waals surface area (Å²) in [6.07, 6.45) is 8.55. The van der Waals surface area contributed by atoms with Crippen molar-refractivity contribution in [2.45, 2.75) is 45.2 Å². The number of fused-ring (bicyclic) bond motifs is 2. The lowest BCUT2D eigenvalue weighted by Gasteiger charge is -2.41. The van der Waals surface area contributed by atoms with Crippen molar-refractivity contribution in [2.75, 3.05) is 0 Å². The van der Waals surface area contributed by atoms with Gasteiger partial charge in [0.05, 0.1) is 11.4 Å². The minimum atomic E-state index is -0.130. The Labute approximate surface area is 186 Å². The Morgan fingerprint density at radius 2 is 1.81 bits per heavy atom. The molecule has 0 saturated carbocycles. The van der Waals surface area contributed by atoms with Crippen LogP contribution in [0.15, 0.2) is 53.7 Å². The molecule has 1 aliphatic rings. The molecule has 7 heteroatoms. The van der Waals surface area contributed by atoms with Crippen molar-refractivity contribution in [2.24, 2.45) is 7.05 Å². The molecule has 0 aliphatic carbocycles. The summed E-state index contributed by atoms with van der Waals surface area (Å²) in [6, 6.07) is 7.13. The third-order valence-corrected chi connectivity index (χ3v) is 5.96. The highest BCUT2D eigenvalue weighted by Gasteiger charge is 2.33. The van der Waals surface area contributed by atoms with Gasteiger partial charge in [-0.25, -0.2) is 9.97 Å². The Bertz CT molecular complexity index is 1470. The molecule has 0 atom stereocenters. The van der Waals surface area contributed by atoms with Crippen molar-refractivity contribution in [3.05, 3.63) is 65.0 Å². The maximum Gasteiger partial charge on any atom is 0.258 e. The van der Waals surface area contributed by atoms with Crippen LogP contribution in [-0.2, 0) is 7.05 Å². The predicted octanol–water partition coefficient (Wildman–Crippen LogP) is 3.89. The van der Waals surface area contributed by atoms with Gasteiger partial charge in [-0.05, 0) is 69.3 Å². The van der Waals surface area contributed by atoms with E-state index in [9.17, 15) is 9.90 Å². The summed E-state index contributed by atoms with van der Waals surface area (Å²) in [5, 5.41) is 15.5. The second kappa shape index (κ2) is 6.77. The first-order chi connectivity index (χ1) is 15.0. The van der Waals surface area contributed by atoms with Crippen LogP contribution in [0.5, 0.6) is 5.75 Å². The van der Waals surface area contributed by atoms with E-state index in [1.165, 1.54) is 10.1 Å². The molecule has 0 radical (unpaired) electrons. The molecule has 0 fully saturated rings. The van der Waals surface area contributed by atoms with Crippen LogP contribution in [-0.4, -0.2) is 35.1 Å². The molecule has 0 unspecified atom stereocenters. The maximum atomic E-state index is 12.6. The number of aryl methyl sites for hydroxylation is 1. The van der Waals surface area contributed by atoms with E-state index >= 15 is 0 Å². The minimum absolute atomic E-state index is 0.0367. The number of nitrogens with zero attached hydrogens (tertiary/aromatic N) is 4. The third kappa shape index (κ3) is 3.48. The lowest BCUT2D eigenvalue weighted by atomic mass is 9.82. The van der Waals surface area contributed by atoms with Crippen LogP contribution in [0.25, 0.3) is 33.4 Å². The predicted molar refractivity (Wildman–Crippen MR) is 127 cm³/mol. The van der Waals surface area contributed by atoms with E-state index < -0.39 is 0 Å². The Kier molecular flexibility index (Phi) is 4.33. The Morgan fingerprint density at radius 1 is 1.06 bits per heavy atom. The Balaban J connectivity index is 1.61. The number of phenolic OH excluding ortho intramolecular Hbond substituents is 1. The van der Waals surface area contributed by atoms with Crippen molar-refractivity contribution in [3.8, 4) is 17.0 Å². The van der Waals surface area contributed by atoms with E-state index in [-0.39, 0.29) is 22.4 Å². The standard InChI is InChI=1S/C25H27N5O2/c1-24(2)12-16(13-25(3,4)28-24)19-7-9-30-14-20(27-23(30)26-19)18-11-17-15(10-21(18)31)6-8-29(5)22(17)32/h6-12,14,28,31H,13H2,1-5H3. The van der Waals surface area contributed by atoms with Gasteiger partial charge in [0.25, 0.3) is 5.56 Å². The van der Waals surface area contributed by atoms with Crippen LogP contribution in [0.1, 0.15) is 39.8 Å². The number of hydrogen-bond acceptors (Lipinski definition) is 5. The van der Waals surface area contributed by atoms with Gasteiger partial charge in [0.1, 0.15) is 5.75 Å². The fourth-order valence-corrected chi connectivity index (χ4v) is 4.84. The van der Waals surface area contributed by atoms with Gasteiger partial charge in [0, 0.05) is 47.7 Å².